The highest BCUT2D eigenvalue weighted by molar-refractivity contribution is 6.00. The first-order chi connectivity index (χ1) is 14.4. The lowest BCUT2D eigenvalue weighted by atomic mass is 10.1. The molecule has 0 saturated heterocycles. The Balaban J connectivity index is 2.06. The van der Waals surface area contributed by atoms with Crippen molar-refractivity contribution in [1.29, 1.82) is 0 Å². The molecule has 0 unspecified atom stereocenters. The van der Waals surface area contributed by atoms with E-state index in [0.29, 0.717) is 12.1 Å². The van der Waals surface area contributed by atoms with Crippen molar-refractivity contribution in [2.75, 3.05) is 11.9 Å². The van der Waals surface area contributed by atoms with Gasteiger partial charge in [0.2, 0.25) is 11.6 Å². The van der Waals surface area contributed by atoms with E-state index in [-0.39, 0.29) is 35.1 Å². The van der Waals surface area contributed by atoms with Crippen LogP contribution in [0.4, 0.5) is 5.69 Å². The first-order valence-electron chi connectivity index (χ1n) is 9.87. The minimum absolute atomic E-state index is 0.0663. The van der Waals surface area contributed by atoms with Crippen LogP contribution >= 0.6 is 0 Å². The molecule has 0 aliphatic carbocycles. The molecule has 9 nitrogen and oxygen atoms in total. The molecule has 0 radical (unpaired) electrons. The van der Waals surface area contributed by atoms with Crippen LogP contribution in [-0.2, 0) is 16.0 Å². The van der Waals surface area contributed by atoms with Gasteiger partial charge >= 0.3 is 5.97 Å². The van der Waals surface area contributed by atoms with Crippen LogP contribution < -0.4 is 10.9 Å². The molecule has 9 heteroatoms. The number of para-hydroxylation sites is 1. The van der Waals surface area contributed by atoms with Crippen molar-refractivity contribution in [2.45, 2.75) is 46.6 Å². The summed E-state index contributed by atoms with van der Waals surface area (Å²) in [6, 6.07) is 6.67. The number of benzene rings is 1. The Bertz CT molecular complexity index is 1150. The van der Waals surface area contributed by atoms with E-state index in [1.165, 1.54) is 4.57 Å². The first kappa shape index (κ1) is 21.2. The largest absolute Gasteiger partial charge is 0.461 e. The van der Waals surface area contributed by atoms with E-state index >= 15 is 0 Å². The SMILES string of the molecule is CCOC(=O)c1noc2nc(C)n([C@@H](CC)C(=O)Nc3ccccc3CC)c(=O)c12. The number of anilines is 1. The molecule has 1 atom stereocenters. The van der Waals surface area contributed by atoms with Gasteiger partial charge in [0.15, 0.2) is 0 Å². The van der Waals surface area contributed by atoms with Gasteiger partial charge in [0, 0.05) is 5.69 Å². The lowest BCUT2D eigenvalue weighted by molar-refractivity contribution is -0.119. The topological polar surface area (TPSA) is 116 Å². The van der Waals surface area contributed by atoms with Crippen LogP contribution in [0.2, 0.25) is 0 Å². The number of rotatable bonds is 7. The fourth-order valence-corrected chi connectivity index (χ4v) is 3.38. The van der Waals surface area contributed by atoms with Gasteiger partial charge in [0.05, 0.1) is 6.61 Å². The zero-order valence-corrected chi connectivity index (χ0v) is 17.4. The molecule has 0 aliphatic heterocycles. The number of nitrogens with one attached hydrogen (secondary N) is 1. The fraction of sp³-hybridized carbons (Fsp3) is 0.381. The Kier molecular flexibility index (Phi) is 6.29. The summed E-state index contributed by atoms with van der Waals surface area (Å²) >= 11 is 0. The molecule has 3 aromatic rings. The number of carbonyl (C=O) groups is 2. The van der Waals surface area contributed by atoms with Gasteiger partial charge in [-0.05, 0) is 38.3 Å². The molecule has 30 heavy (non-hydrogen) atoms. The highest BCUT2D eigenvalue weighted by Crippen LogP contribution is 2.21. The average molecular weight is 412 g/mol. The molecule has 1 aromatic carbocycles. The van der Waals surface area contributed by atoms with Gasteiger partial charge in [0.25, 0.3) is 11.3 Å². The van der Waals surface area contributed by atoms with E-state index in [4.69, 9.17) is 9.26 Å². The molecule has 0 fully saturated rings. The second-order valence-corrected chi connectivity index (χ2v) is 6.69. The van der Waals surface area contributed by atoms with Gasteiger partial charge < -0.3 is 14.6 Å². The van der Waals surface area contributed by atoms with Crippen molar-refractivity contribution in [3.63, 3.8) is 0 Å². The highest BCUT2D eigenvalue weighted by Gasteiger charge is 2.28. The average Bonchev–Trinajstić information content (AvgIpc) is 3.15. The quantitative estimate of drug-likeness (QED) is 0.593. The fourth-order valence-electron chi connectivity index (χ4n) is 3.38. The molecular formula is C21H24N4O5. The summed E-state index contributed by atoms with van der Waals surface area (Å²) in [5.74, 6) is -0.844. The van der Waals surface area contributed by atoms with E-state index in [1.54, 1.807) is 20.8 Å². The van der Waals surface area contributed by atoms with Crippen LogP contribution in [0.25, 0.3) is 11.1 Å². The first-order valence-corrected chi connectivity index (χ1v) is 9.87. The van der Waals surface area contributed by atoms with Crippen molar-refractivity contribution in [1.82, 2.24) is 14.7 Å². The normalized spacial score (nSPS) is 12.0. The predicted molar refractivity (Wildman–Crippen MR) is 111 cm³/mol. The monoisotopic (exact) mass is 412 g/mol. The summed E-state index contributed by atoms with van der Waals surface area (Å²) in [5, 5.41) is 6.46. The minimum Gasteiger partial charge on any atom is -0.461 e. The molecule has 2 aromatic heterocycles. The van der Waals surface area contributed by atoms with Crippen molar-refractivity contribution in [2.24, 2.45) is 0 Å². The van der Waals surface area contributed by atoms with Gasteiger partial charge in [-0.1, -0.05) is 37.2 Å². The molecule has 0 saturated carbocycles. The summed E-state index contributed by atoms with van der Waals surface area (Å²) in [5.41, 5.74) is 0.794. The van der Waals surface area contributed by atoms with Crippen LogP contribution in [-0.4, -0.2) is 33.2 Å². The molecule has 0 spiro atoms. The third-order valence-electron chi connectivity index (χ3n) is 4.84. The maximum Gasteiger partial charge on any atom is 0.361 e. The van der Waals surface area contributed by atoms with Crippen molar-refractivity contribution >= 4 is 28.7 Å². The van der Waals surface area contributed by atoms with Gasteiger partial charge in [0.1, 0.15) is 17.3 Å². The van der Waals surface area contributed by atoms with Crippen LogP contribution in [0.15, 0.2) is 33.6 Å². The number of hydrogen-bond donors (Lipinski definition) is 1. The minimum atomic E-state index is -0.829. The molecular weight excluding hydrogens is 388 g/mol. The number of hydrogen-bond acceptors (Lipinski definition) is 7. The Morgan fingerprint density at radius 2 is 1.97 bits per heavy atom. The van der Waals surface area contributed by atoms with E-state index in [9.17, 15) is 14.4 Å². The lowest BCUT2D eigenvalue weighted by Crippen LogP contribution is -2.35. The van der Waals surface area contributed by atoms with Crippen LogP contribution in [0.3, 0.4) is 0 Å². The smallest absolute Gasteiger partial charge is 0.361 e. The number of aromatic nitrogens is 3. The zero-order valence-electron chi connectivity index (χ0n) is 17.4. The molecule has 2 heterocycles. The summed E-state index contributed by atoms with van der Waals surface area (Å²) in [6.07, 6.45) is 1.09. The van der Waals surface area contributed by atoms with Crippen molar-refractivity contribution < 1.29 is 18.8 Å². The predicted octanol–water partition coefficient (Wildman–Crippen LogP) is 3.02. The Hall–Kier alpha value is -3.49. The van der Waals surface area contributed by atoms with Gasteiger partial charge in [-0.2, -0.15) is 4.98 Å². The molecule has 0 aliphatic rings. The summed E-state index contributed by atoms with van der Waals surface area (Å²) < 4.78 is 11.3. The third-order valence-corrected chi connectivity index (χ3v) is 4.84. The van der Waals surface area contributed by atoms with E-state index in [1.807, 2.05) is 31.2 Å². The maximum absolute atomic E-state index is 13.3. The number of esters is 1. The Morgan fingerprint density at radius 1 is 1.23 bits per heavy atom. The van der Waals surface area contributed by atoms with E-state index in [0.717, 1.165) is 12.0 Å². The zero-order chi connectivity index (χ0) is 21.8. The number of carbonyl (C=O) groups excluding carboxylic acids is 2. The van der Waals surface area contributed by atoms with Gasteiger partial charge in [-0.3, -0.25) is 14.2 Å². The molecule has 1 N–H and O–H groups in total. The van der Waals surface area contributed by atoms with Gasteiger partial charge in [-0.15, -0.1) is 0 Å². The number of nitrogens with zero attached hydrogens (tertiary/aromatic N) is 3. The van der Waals surface area contributed by atoms with Crippen LogP contribution in [0.1, 0.15) is 55.1 Å². The second kappa shape index (κ2) is 8.89. The summed E-state index contributed by atoms with van der Waals surface area (Å²) in [6.45, 7) is 7.16. The number of amides is 1. The number of aryl methyl sites for hydroxylation is 2. The van der Waals surface area contributed by atoms with E-state index in [2.05, 4.69) is 15.5 Å². The molecule has 158 valence electrons. The van der Waals surface area contributed by atoms with Gasteiger partial charge in [-0.25, -0.2) is 4.79 Å². The summed E-state index contributed by atoms with van der Waals surface area (Å²) in [7, 11) is 0. The van der Waals surface area contributed by atoms with Crippen molar-refractivity contribution in [3.05, 3.63) is 51.7 Å². The van der Waals surface area contributed by atoms with Crippen LogP contribution in [0.5, 0.6) is 0 Å². The second-order valence-electron chi connectivity index (χ2n) is 6.69. The number of ether oxygens (including phenoxy) is 1. The lowest BCUT2D eigenvalue weighted by Gasteiger charge is -2.20. The standard InChI is InChI=1S/C21H24N4O5/c1-5-13-10-8-9-11-14(13)23-18(26)15(6-2)25-12(4)22-19-16(20(25)27)17(24-30-19)21(28)29-7-3/h8-11,15H,5-7H2,1-4H3,(H,23,26)/t15-/m0/s1. The Labute approximate surface area is 173 Å². The highest BCUT2D eigenvalue weighted by atomic mass is 16.5. The Morgan fingerprint density at radius 3 is 2.63 bits per heavy atom. The molecule has 0 bridgehead atoms. The van der Waals surface area contributed by atoms with Crippen LogP contribution in [0, 0.1) is 6.92 Å². The molecule has 3 rings (SSSR count). The van der Waals surface area contributed by atoms with Crippen molar-refractivity contribution in [3.8, 4) is 0 Å². The molecule has 1 amide bonds. The maximum atomic E-state index is 13.3. The third kappa shape index (κ3) is 3.83. The summed E-state index contributed by atoms with van der Waals surface area (Å²) in [4.78, 5) is 42.7. The number of fused-ring (bicyclic) bond motifs is 1. The van der Waals surface area contributed by atoms with E-state index < -0.39 is 17.6 Å².